The van der Waals surface area contributed by atoms with Crippen LogP contribution >= 0.6 is 7.26 Å². The second-order valence-electron chi connectivity index (χ2n) is 9.76. The third-order valence-corrected chi connectivity index (χ3v) is 13.2. The Morgan fingerprint density at radius 2 is 1.31 bits per heavy atom. The number of hydrogen-bond donors (Lipinski definition) is 1. The molecule has 0 amide bonds. The van der Waals surface area contributed by atoms with Crippen molar-refractivity contribution in [2.45, 2.75) is 110 Å². The average Bonchev–Trinajstić information content (AvgIpc) is 2.88. The first-order valence-electron chi connectivity index (χ1n) is 14.2. The summed E-state index contributed by atoms with van der Waals surface area (Å²) in [5.74, 6) is 1.42. The third-order valence-electron chi connectivity index (χ3n) is 6.84. The van der Waals surface area contributed by atoms with E-state index in [-0.39, 0.29) is 22.9 Å². The second-order valence-corrected chi connectivity index (χ2v) is 15.2. The van der Waals surface area contributed by atoms with Crippen molar-refractivity contribution in [3.63, 3.8) is 0 Å². The van der Waals surface area contributed by atoms with Crippen molar-refractivity contribution in [3.05, 3.63) is 18.2 Å². The number of methoxy groups -OCH3 is 2. The van der Waals surface area contributed by atoms with Crippen molar-refractivity contribution in [2.24, 2.45) is 0 Å². The first kappa shape index (κ1) is 35.9. The van der Waals surface area contributed by atoms with Crippen molar-refractivity contribution in [2.75, 3.05) is 39.3 Å². The molecule has 1 aromatic rings. The molecular weight excluding hydrogens is 551 g/mol. The molecule has 0 fully saturated rings. The third kappa shape index (κ3) is 14.1. The molecule has 0 aliphatic rings. The molecule has 0 saturated carbocycles. The lowest BCUT2D eigenvalue weighted by Crippen LogP contribution is -3.00. The molecule has 0 aromatic heterocycles. The van der Waals surface area contributed by atoms with Crippen LogP contribution in [0.2, 0.25) is 6.04 Å². The molecule has 4 nitrogen and oxygen atoms in total. The highest BCUT2D eigenvalue weighted by molar-refractivity contribution is 7.83. The summed E-state index contributed by atoms with van der Waals surface area (Å²) >= 11 is 0. The molecule has 0 spiro atoms. The summed E-state index contributed by atoms with van der Waals surface area (Å²) < 4.78 is 17.0. The van der Waals surface area contributed by atoms with E-state index >= 15 is 0 Å². The zero-order valence-electron chi connectivity index (χ0n) is 23.8. The Kier molecular flexibility index (Phi) is 22.7. The van der Waals surface area contributed by atoms with Gasteiger partial charge in [0.15, 0.2) is 5.75 Å². The highest BCUT2D eigenvalue weighted by Gasteiger charge is 2.41. The number of benzene rings is 1. The Bertz CT molecular complexity index is 624. The summed E-state index contributed by atoms with van der Waals surface area (Å²) in [5, 5.41) is 11.8. The normalized spacial score (nSPS) is 11.6. The van der Waals surface area contributed by atoms with Gasteiger partial charge in [0.25, 0.3) is 0 Å². The maximum atomic E-state index is 10.4. The van der Waals surface area contributed by atoms with Gasteiger partial charge >= 0.3 is 0 Å². The van der Waals surface area contributed by atoms with Crippen molar-refractivity contribution in [1.82, 2.24) is 0 Å². The summed E-state index contributed by atoms with van der Waals surface area (Å²) in [6.07, 6.45) is 18.8. The van der Waals surface area contributed by atoms with Gasteiger partial charge in [-0.1, -0.05) is 78.2 Å². The topological polar surface area (TPSA) is 47.9 Å². The largest absolute Gasteiger partial charge is 1.00 e. The first-order valence-corrected chi connectivity index (χ1v) is 17.8. The van der Waals surface area contributed by atoms with Gasteiger partial charge in [-0.05, 0) is 37.8 Å². The number of hydrogen-bond acceptors (Lipinski definition) is 4. The first-order chi connectivity index (χ1) is 17.1. The molecule has 2 radical (unpaired) electrons. The lowest BCUT2D eigenvalue weighted by atomic mass is 10.1. The molecule has 0 heterocycles. The molecule has 1 aromatic carbocycles. The number of phenolic OH excluding ortho intramolecular Hbond substituents is 1. The minimum Gasteiger partial charge on any atom is -1.00 e. The number of aromatic hydroxyl groups is 1. The summed E-state index contributed by atoms with van der Waals surface area (Å²) in [5.41, 5.74) is 0. The molecule has 0 aliphatic carbocycles. The number of ether oxygens (including phenoxy) is 3. The lowest BCUT2D eigenvalue weighted by molar-refractivity contribution is -0.0441. The van der Waals surface area contributed by atoms with Crippen LogP contribution < -0.4 is 27.0 Å². The van der Waals surface area contributed by atoms with E-state index in [1.165, 1.54) is 100 Å². The minimum absolute atomic E-state index is 0. The minimum atomic E-state index is -1.35. The van der Waals surface area contributed by atoms with Crippen LogP contribution in [-0.4, -0.2) is 59.9 Å². The van der Waals surface area contributed by atoms with Crippen LogP contribution in [0.25, 0.3) is 0 Å². The van der Waals surface area contributed by atoms with E-state index in [0.29, 0.717) is 5.75 Å². The van der Waals surface area contributed by atoms with E-state index in [4.69, 9.17) is 14.2 Å². The van der Waals surface area contributed by atoms with Crippen LogP contribution in [0.1, 0.15) is 97.8 Å². The second kappa shape index (κ2) is 22.8. The highest BCUT2D eigenvalue weighted by Crippen LogP contribution is 2.61. The maximum absolute atomic E-state index is 10.4. The number of unbranched alkanes of at least 4 members (excludes halogenated alkanes) is 8. The van der Waals surface area contributed by atoms with Crippen molar-refractivity contribution in [3.8, 4) is 11.5 Å². The van der Waals surface area contributed by atoms with E-state index < -0.39 is 7.26 Å². The molecule has 1 N–H and O–H groups in total. The molecule has 0 atom stereocenters. The molecule has 0 saturated heterocycles. The molecule has 0 unspecified atom stereocenters. The molecule has 7 heteroatoms. The average molecular weight is 606 g/mol. The summed E-state index contributed by atoms with van der Waals surface area (Å²) in [7, 11) is 2.81. The molecule has 1 rings (SSSR count). The van der Waals surface area contributed by atoms with Gasteiger partial charge in [0.1, 0.15) is 26.5 Å². The van der Waals surface area contributed by atoms with E-state index in [9.17, 15) is 5.11 Å². The van der Waals surface area contributed by atoms with Gasteiger partial charge < -0.3 is 36.3 Å². The summed E-state index contributed by atoms with van der Waals surface area (Å²) in [6.45, 7) is 7.66. The highest BCUT2D eigenvalue weighted by atomic mass is 79.9. The fourth-order valence-corrected chi connectivity index (χ4v) is 10.9. The van der Waals surface area contributed by atoms with Crippen LogP contribution in [0.4, 0.5) is 0 Å². The van der Waals surface area contributed by atoms with Crippen LogP contribution in [0.3, 0.4) is 0 Å². The fraction of sp³-hybridized carbons (Fsp3) is 0.793. The fourth-order valence-electron chi connectivity index (χ4n) is 4.68. The Hall–Kier alpha value is -0.133. The van der Waals surface area contributed by atoms with E-state index in [1.807, 2.05) is 12.1 Å². The Morgan fingerprint density at radius 1 is 0.778 bits per heavy atom. The van der Waals surface area contributed by atoms with Gasteiger partial charge in [0, 0.05) is 20.3 Å². The van der Waals surface area contributed by atoms with Crippen LogP contribution in [0.5, 0.6) is 11.5 Å². The lowest BCUT2D eigenvalue weighted by Gasteiger charge is -2.29. The summed E-state index contributed by atoms with van der Waals surface area (Å²) in [6, 6.07) is 7.10. The Morgan fingerprint density at radius 3 is 1.83 bits per heavy atom. The Labute approximate surface area is 236 Å². The standard InChI is InChI=1S/C29H53O4PSi.BrH/c1-6-9-21-34(22-10-7-2,23-11-8-3)28-25-26(30)18-19-27(28)33-20-16-14-12-13-15-17-24-35-29(31-4)32-5;/h18-19,25,29H,6-17,20-24H2,1-5H3;1H. The maximum Gasteiger partial charge on any atom is 0.161 e. The molecule has 0 bridgehead atoms. The Balaban J connectivity index is 0.0000122. The predicted molar refractivity (Wildman–Crippen MR) is 156 cm³/mol. The van der Waals surface area contributed by atoms with Gasteiger partial charge in [-0.25, -0.2) is 0 Å². The number of phenols is 1. The predicted octanol–water partition coefficient (Wildman–Crippen LogP) is 4.86. The molecule has 210 valence electrons. The van der Waals surface area contributed by atoms with Crippen molar-refractivity contribution >= 4 is 22.1 Å². The van der Waals surface area contributed by atoms with Gasteiger partial charge in [-0.2, -0.15) is 0 Å². The quantitative estimate of drug-likeness (QED) is 0.0839. The van der Waals surface area contributed by atoms with Crippen molar-refractivity contribution < 1.29 is 36.3 Å². The van der Waals surface area contributed by atoms with Gasteiger partial charge in [0.2, 0.25) is 0 Å². The zero-order valence-corrected chi connectivity index (χ0v) is 27.3. The molecule has 0 aliphatic heterocycles. The van der Waals surface area contributed by atoms with Crippen LogP contribution in [-0.2, 0) is 9.47 Å². The molecule has 36 heavy (non-hydrogen) atoms. The van der Waals surface area contributed by atoms with E-state index in [0.717, 1.165) is 28.3 Å². The van der Waals surface area contributed by atoms with Crippen molar-refractivity contribution in [1.29, 1.82) is 0 Å². The van der Waals surface area contributed by atoms with E-state index in [2.05, 4.69) is 26.8 Å². The summed E-state index contributed by atoms with van der Waals surface area (Å²) in [4.78, 5) is 0. The zero-order chi connectivity index (χ0) is 25.8. The van der Waals surface area contributed by atoms with Gasteiger partial charge in [0.05, 0.1) is 32.4 Å². The van der Waals surface area contributed by atoms with Gasteiger partial charge in [-0.15, -0.1) is 0 Å². The van der Waals surface area contributed by atoms with Gasteiger partial charge in [-0.3, -0.25) is 0 Å². The number of halogens is 1. The molecular formula is C29H54BrO4PSi. The monoisotopic (exact) mass is 604 g/mol. The van der Waals surface area contributed by atoms with Crippen LogP contribution in [0, 0.1) is 0 Å². The SMILES string of the molecule is CCCC[P+](CCCC)(CCCC)c1cc(O)ccc1OCCCCCCCC[Si]C(OC)OC.[Br-]. The van der Waals surface area contributed by atoms with Crippen LogP contribution in [0.15, 0.2) is 18.2 Å². The number of rotatable bonds is 23. The smallest absolute Gasteiger partial charge is 0.161 e. The van der Waals surface area contributed by atoms with E-state index in [1.54, 1.807) is 14.2 Å².